The maximum atomic E-state index is 12.5. The zero-order valence-corrected chi connectivity index (χ0v) is 13.4. The predicted molar refractivity (Wildman–Crippen MR) is 79.8 cm³/mol. The summed E-state index contributed by atoms with van der Waals surface area (Å²) < 4.78 is 0. The van der Waals surface area contributed by atoms with Gasteiger partial charge in [-0.2, -0.15) is 0 Å². The smallest absolute Gasteiger partial charge is 0.268 e. The average molecular weight is 306 g/mol. The van der Waals surface area contributed by atoms with Gasteiger partial charge in [-0.15, -0.1) is 0 Å². The van der Waals surface area contributed by atoms with E-state index in [2.05, 4.69) is 9.97 Å². The molecule has 0 aliphatic carbocycles. The Morgan fingerprint density at radius 2 is 2.00 bits per heavy atom. The summed E-state index contributed by atoms with van der Waals surface area (Å²) in [6.07, 6.45) is 3.67. The molecule has 1 unspecified atom stereocenters. The number of hydrogen-bond acceptors (Lipinski definition) is 5. The highest BCUT2D eigenvalue weighted by Crippen LogP contribution is 2.16. The first-order chi connectivity index (χ1) is 10.4. The van der Waals surface area contributed by atoms with E-state index in [-0.39, 0.29) is 17.9 Å². The maximum absolute atomic E-state index is 12.5. The third-order valence-electron chi connectivity index (χ3n) is 3.48. The van der Waals surface area contributed by atoms with Crippen molar-refractivity contribution < 1.29 is 14.4 Å². The minimum Gasteiger partial charge on any atom is -0.325 e. The SMILES string of the molecule is CCc1ncc(C(=O)N2CCN(OC(C)C)C(=O)C2C)cn1. The van der Waals surface area contributed by atoms with Gasteiger partial charge in [-0.3, -0.25) is 14.4 Å². The quantitative estimate of drug-likeness (QED) is 0.831. The summed E-state index contributed by atoms with van der Waals surface area (Å²) in [5.74, 6) is 0.253. The van der Waals surface area contributed by atoms with E-state index in [4.69, 9.17) is 4.84 Å². The molecule has 1 aromatic rings. The number of hydroxylamine groups is 2. The molecule has 7 heteroatoms. The van der Waals surface area contributed by atoms with Crippen molar-refractivity contribution >= 4 is 11.8 Å². The molecule has 0 bridgehead atoms. The largest absolute Gasteiger partial charge is 0.325 e. The van der Waals surface area contributed by atoms with E-state index in [1.165, 1.54) is 22.4 Å². The van der Waals surface area contributed by atoms with Crippen LogP contribution in [-0.2, 0) is 16.1 Å². The van der Waals surface area contributed by atoms with Crippen molar-refractivity contribution in [3.8, 4) is 0 Å². The summed E-state index contributed by atoms with van der Waals surface area (Å²) in [6, 6.07) is -0.564. The Morgan fingerprint density at radius 3 is 2.55 bits per heavy atom. The zero-order chi connectivity index (χ0) is 16.3. The van der Waals surface area contributed by atoms with Gasteiger partial charge in [0.25, 0.3) is 11.8 Å². The van der Waals surface area contributed by atoms with E-state index >= 15 is 0 Å². The lowest BCUT2D eigenvalue weighted by atomic mass is 10.1. The highest BCUT2D eigenvalue weighted by Gasteiger charge is 2.36. The van der Waals surface area contributed by atoms with Crippen LogP contribution in [0.4, 0.5) is 0 Å². The lowest BCUT2D eigenvalue weighted by molar-refractivity contribution is -0.212. The zero-order valence-electron chi connectivity index (χ0n) is 13.4. The molecule has 1 aromatic heterocycles. The van der Waals surface area contributed by atoms with Crippen molar-refractivity contribution in [3.05, 3.63) is 23.8 Å². The topological polar surface area (TPSA) is 75.6 Å². The van der Waals surface area contributed by atoms with Gasteiger partial charge in [0.1, 0.15) is 11.9 Å². The van der Waals surface area contributed by atoms with Crippen LogP contribution in [0.1, 0.15) is 43.9 Å². The summed E-state index contributed by atoms with van der Waals surface area (Å²) in [5.41, 5.74) is 0.398. The van der Waals surface area contributed by atoms with Crippen LogP contribution in [0.25, 0.3) is 0 Å². The number of amides is 2. The van der Waals surface area contributed by atoms with Gasteiger partial charge in [-0.1, -0.05) is 6.92 Å². The molecule has 0 N–H and O–H groups in total. The van der Waals surface area contributed by atoms with E-state index in [0.29, 0.717) is 30.9 Å². The molecule has 7 nitrogen and oxygen atoms in total. The van der Waals surface area contributed by atoms with E-state index in [0.717, 1.165) is 0 Å². The molecular formula is C15H22N4O3. The van der Waals surface area contributed by atoms with Crippen molar-refractivity contribution in [2.75, 3.05) is 13.1 Å². The van der Waals surface area contributed by atoms with Crippen molar-refractivity contribution in [3.63, 3.8) is 0 Å². The first-order valence-corrected chi connectivity index (χ1v) is 7.54. The van der Waals surface area contributed by atoms with E-state index < -0.39 is 6.04 Å². The summed E-state index contributed by atoms with van der Waals surface area (Å²) in [5, 5.41) is 1.34. The van der Waals surface area contributed by atoms with Crippen molar-refractivity contribution in [2.24, 2.45) is 0 Å². The van der Waals surface area contributed by atoms with E-state index in [9.17, 15) is 9.59 Å². The Labute approximate surface area is 130 Å². The first kappa shape index (κ1) is 16.4. The molecule has 1 atom stereocenters. The maximum Gasteiger partial charge on any atom is 0.268 e. The molecule has 1 saturated heterocycles. The van der Waals surface area contributed by atoms with Crippen molar-refractivity contribution in [1.29, 1.82) is 0 Å². The average Bonchev–Trinajstić information content (AvgIpc) is 2.51. The molecule has 1 fully saturated rings. The molecule has 2 rings (SSSR count). The Kier molecular flexibility index (Phi) is 5.07. The molecule has 0 radical (unpaired) electrons. The van der Waals surface area contributed by atoms with Gasteiger partial charge in [0.05, 0.1) is 18.2 Å². The van der Waals surface area contributed by atoms with E-state index in [1.807, 2.05) is 20.8 Å². The van der Waals surface area contributed by atoms with Crippen LogP contribution in [0, 0.1) is 0 Å². The molecule has 1 aliphatic rings. The van der Waals surface area contributed by atoms with Gasteiger partial charge in [0.2, 0.25) is 0 Å². The standard InChI is InChI=1S/C15H22N4O3/c1-5-13-16-8-12(9-17-13)15(21)18-6-7-19(22-10(2)3)14(20)11(18)4/h8-11H,5-7H2,1-4H3. The van der Waals surface area contributed by atoms with Crippen LogP contribution in [0.5, 0.6) is 0 Å². The first-order valence-electron chi connectivity index (χ1n) is 7.54. The number of nitrogens with zero attached hydrogens (tertiary/aromatic N) is 4. The van der Waals surface area contributed by atoms with Crippen LogP contribution in [0.3, 0.4) is 0 Å². The normalized spacial score (nSPS) is 19.0. The van der Waals surface area contributed by atoms with Gasteiger partial charge in [0, 0.05) is 25.4 Å². The van der Waals surface area contributed by atoms with Crippen LogP contribution in [0.2, 0.25) is 0 Å². The van der Waals surface area contributed by atoms with Gasteiger partial charge in [-0.25, -0.2) is 15.0 Å². The van der Waals surface area contributed by atoms with Gasteiger partial charge >= 0.3 is 0 Å². The van der Waals surface area contributed by atoms with Crippen LogP contribution >= 0.6 is 0 Å². The second kappa shape index (κ2) is 6.83. The number of carbonyl (C=O) groups is 2. The third kappa shape index (κ3) is 3.41. The van der Waals surface area contributed by atoms with Crippen LogP contribution < -0.4 is 0 Å². The number of rotatable bonds is 4. The third-order valence-corrected chi connectivity index (χ3v) is 3.48. The van der Waals surface area contributed by atoms with Crippen LogP contribution in [0.15, 0.2) is 12.4 Å². The molecule has 22 heavy (non-hydrogen) atoms. The highest BCUT2D eigenvalue weighted by atomic mass is 16.7. The number of carbonyl (C=O) groups excluding carboxylic acids is 2. The fourth-order valence-electron chi connectivity index (χ4n) is 2.29. The molecular weight excluding hydrogens is 284 g/mol. The monoisotopic (exact) mass is 306 g/mol. The lowest BCUT2D eigenvalue weighted by Gasteiger charge is -2.38. The molecule has 120 valence electrons. The van der Waals surface area contributed by atoms with Crippen molar-refractivity contribution in [2.45, 2.75) is 46.3 Å². The Morgan fingerprint density at radius 1 is 1.36 bits per heavy atom. The Balaban J connectivity index is 2.09. The molecule has 0 aromatic carbocycles. The molecule has 2 amide bonds. The summed E-state index contributed by atoms with van der Waals surface area (Å²) in [4.78, 5) is 40.1. The molecule has 2 heterocycles. The van der Waals surface area contributed by atoms with Gasteiger partial charge in [-0.05, 0) is 20.8 Å². The van der Waals surface area contributed by atoms with Crippen LogP contribution in [-0.4, -0.2) is 57.0 Å². The minimum atomic E-state index is -0.564. The Bertz CT molecular complexity index is 544. The van der Waals surface area contributed by atoms with Crippen molar-refractivity contribution in [1.82, 2.24) is 19.9 Å². The van der Waals surface area contributed by atoms with Gasteiger partial charge < -0.3 is 4.90 Å². The number of piperazine rings is 1. The number of hydrogen-bond donors (Lipinski definition) is 0. The summed E-state index contributed by atoms with van der Waals surface area (Å²) in [7, 11) is 0. The molecule has 1 aliphatic heterocycles. The highest BCUT2D eigenvalue weighted by molar-refractivity contribution is 5.97. The predicted octanol–water partition coefficient (Wildman–Crippen LogP) is 1.05. The fourth-order valence-corrected chi connectivity index (χ4v) is 2.29. The summed E-state index contributed by atoms with van der Waals surface area (Å²) in [6.45, 7) is 8.17. The van der Waals surface area contributed by atoms with Gasteiger partial charge in [0.15, 0.2) is 0 Å². The second-order valence-electron chi connectivity index (χ2n) is 5.51. The summed E-state index contributed by atoms with van der Waals surface area (Å²) >= 11 is 0. The lowest BCUT2D eigenvalue weighted by Crippen LogP contribution is -2.57. The molecule has 0 saturated carbocycles. The fraction of sp³-hybridized carbons (Fsp3) is 0.600. The number of aromatic nitrogens is 2. The second-order valence-corrected chi connectivity index (χ2v) is 5.51. The molecule has 0 spiro atoms. The van der Waals surface area contributed by atoms with E-state index in [1.54, 1.807) is 6.92 Å². The Hall–Kier alpha value is -2.02. The minimum absolute atomic E-state index is 0.0756. The number of aryl methyl sites for hydroxylation is 1.